The van der Waals surface area contributed by atoms with E-state index in [0.29, 0.717) is 5.91 Å². The van der Waals surface area contributed by atoms with Gasteiger partial charge in [0, 0.05) is 19.5 Å². The van der Waals surface area contributed by atoms with E-state index in [4.69, 9.17) is 0 Å². The van der Waals surface area contributed by atoms with E-state index in [1.807, 2.05) is 0 Å². The van der Waals surface area contributed by atoms with Gasteiger partial charge in [0.25, 0.3) is 0 Å². The van der Waals surface area contributed by atoms with Crippen molar-refractivity contribution >= 4 is 5.91 Å². The van der Waals surface area contributed by atoms with Crippen molar-refractivity contribution in [3.05, 3.63) is 0 Å². The molecule has 2 nitrogen and oxygen atoms in total. The fourth-order valence-corrected chi connectivity index (χ4v) is 5.01. The van der Waals surface area contributed by atoms with Crippen LogP contribution in [-0.2, 0) is 4.79 Å². The monoisotopic (exact) mass is 435 g/mol. The molecule has 1 aliphatic rings. The second-order valence-corrected chi connectivity index (χ2v) is 10.3. The van der Waals surface area contributed by atoms with Gasteiger partial charge in [-0.25, -0.2) is 0 Å². The Morgan fingerprint density at radius 2 is 0.871 bits per heavy atom. The average molecular weight is 436 g/mol. The predicted octanol–water partition coefficient (Wildman–Crippen LogP) is 9.60. The van der Waals surface area contributed by atoms with Gasteiger partial charge in [-0.05, 0) is 19.3 Å². The number of piperidine rings is 1. The van der Waals surface area contributed by atoms with E-state index in [9.17, 15) is 4.79 Å². The number of hydrogen-bond acceptors (Lipinski definition) is 1. The minimum absolute atomic E-state index is 0.398. The standard InChI is InChI=1S/C29H57NO/c1-2-3-4-5-6-7-8-9-10-11-12-13-14-15-16-17-18-19-20-21-22-24-27-30-28-25-23-26-29(30)31/h2-28H2,1H3. The van der Waals surface area contributed by atoms with Crippen molar-refractivity contribution in [1.29, 1.82) is 0 Å². The zero-order valence-corrected chi connectivity index (χ0v) is 21.4. The minimum atomic E-state index is 0.398. The second kappa shape index (κ2) is 22.7. The number of rotatable bonds is 23. The number of unbranched alkanes of at least 4 members (excludes halogenated alkanes) is 21. The van der Waals surface area contributed by atoms with Crippen molar-refractivity contribution < 1.29 is 4.79 Å². The molecular weight excluding hydrogens is 378 g/mol. The molecule has 0 radical (unpaired) electrons. The summed E-state index contributed by atoms with van der Waals surface area (Å²) in [5, 5.41) is 0. The van der Waals surface area contributed by atoms with Gasteiger partial charge in [0.15, 0.2) is 0 Å². The first kappa shape index (κ1) is 28.5. The molecule has 184 valence electrons. The largest absolute Gasteiger partial charge is 0.343 e. The number of carbonyl (C=O) groups excluding carboxylic acids is 1. The minimum Gasteiger partial charge on any atom is -0.343 e. The molecular formula is C29H57NO. The summed E-state index contributed by atoms with van der Waals surface area (Å²) < 4.78 is 0. The van der Waals surface area contributed by atoms with Gasteiger partial charge < -0.3 is 4.90 Å². The summed E-state index contributed by atoms with van der Waals surface area (Å²) >= 11 is 0. The summed E-state index contributed by atoms with van der Waals surface area (Å²) in [5.74, 6) is 0.398. The van der Waals surface area contributed by atoms with Crippen molar-refractivity contribution in [3.8, 4) is 0 Å². The van der Waals surface area contributed by atoms with E-state index in [0.717, 1.165) is 25.9 Å². The molecule has 1 amide bonds. The van der Waals surface area contributed by atoms with E-state index < -0.39 is 0 Å². The lowest BCUT2D eigenvalue weighted by Gasteiger charge is -2.26. The number of nitrogens with zero attached hydrogens (tertiary/aromatic N) is 1. The molecule has 0 aromatic heterocycles. The van der Waals surface area contributed by atoms with Gasteiger partial charge in [-0.2, -0.15) is 0 Å². The van der Waals surface area contributed by atoms with E-state index >= 15 is 0 Å². The van der Waals surface area contributed by atoms with Crippen LogP contribution in [0.1, 0.15) is 167 Å². The van der Waals surface area contributed by atoms with Crippen LogP contribution < -0.4 is 0 Å². The fourth-order valence-electron chi connectivity index (χ4n) is 5.01. The van der Waals surface area contributed by atoms with Crippen LogP contribution in [-0.4, -0.2) is 23.9 Å². The van der Waals surface area contributed by atoms with Crippen molar-refractivity contribution in [1.82, 2.24) is 4.90 Å². The molecule has 0 saturated carbocycles. The van der Waals surface area contributed by atoms with Gasteiger partial charge in [-0.3, -0.25) is 4.79 Å². The molecule has 0 N–H and O–H groups in total. The van der Waals surface area contributed by atoms with Gasteiger partial charge in [-0.15, -0.1) is 0 Å². The predicted molar refractivity (Wildman–Crippen MR) is 138 cm³/mol. The Hall–Kier alpha value is -0.530. The van der Waals surface area contributed by atoms with Crippen LogP contribution in [0.25, 0.3) is 0 Å². The summed E-state index contributed by atoms with van der Waals surface area (Å²) in [7, 11) is 0. The first-order valence-electron chi connectivity index (χ1n) is 14.6. The number of amides is 1. The molecule has 0 atom stereocenters. The van der Waals surface area contributed by atoms with E-state index in [1.54, 1.807) is 0 Å². The summed E-state index contributed by atoms with van der Waals surface area (Å²) in [6.07, 6.45) is 34.6. The third kappa shape index (κ3) is 18.7. The van der Waals surface area contributed by atoms with Gasteiger partial charge in [0.2, 0.25) is 5.91 Å². The smallest absolute Gasteiger partial charge is 0.222 e. The zero-order valence-electron chi connectivity index (χ0n) is 21.4. The molecule has 0 spiro atoms. The van der Waals surface area contributed by atoms with Crippen molar-refractivity contribution in [2.75, 3.05) is 13.1 Å². The number of likely N-dealkylation sites (tertiary alicyclic amines) is 1. The Morgan fingerprint density at radius 3 is 1.23 bits per heavy atom. The molecule has 2 heteroatoms. The van der Waals surface area contributed by atoms with Gasteiger partial charge >= 0.3 is 0 Å². The Bertz CT molecular complexity index is 381. The Morgan fingerprint density at radius 1 is 0.516 bits per heavy atom. The number of hydrogen-bond donors (Lipinski definition) is 0. The fraction of sp³-hybridized carbons (Fsp3) is 0.966. The van der Waals surface area contributed by atoms with Crippen LogP contribution in [0.2, 0.25) is 0 Å². The molecule has 0 aromatic carbocycles. The van der Waals surface area contributed by atoms with E-state index in [-0.39, 0.29) is 0 Å². The highest BCUT2D eigenvalue weighted by Crippen LogP contribution is 2.16. The van der Waals surface area contributed by atoms with Gasteiger partial charge in [-0.1, -0.05) is 142 Å². The molecule has 0 aromatic rings. The first-order chi connectivity index (χ1) is 15.3. The third-order valence-electron chi connectivity index (χ3n) is 7.20. The SMILES string of the molecule is CCCCCCCCCCCCCCCCCCCCCCCCN1CCCCC1=O. The van der Waals surface area contributed by atoms with Crippen LogP contribution in [0.5, 0.6) is 0 Å². The summed E-state index contributed by atoms with van der Waals surface area (Å²) in [6.45, 7) is 4.32. The normalized spacial score (nSPS) is 14.5. The molecule has 1 rings (SSSR count). The first-order valence-corrected chi connectivity index (χ1v) is 14.6. The summed E-state index contributed by atoms with van der Waals surface area (Å²) in [4.78, 5) is 13.9. The quantitative estimate of drug-likeness (QED) is 0.146. The highest BCUT2D eigenvalue weighted by atomic mass is 16.2. The number of carbonyl (C=O) groups is 1. The molecule has 1 aliphatic heterocycles. The lowest BCUT2D eigenvalue weighted by atomic mass is 10.0. The Kier molecular flexibility index (Phi) is 20.8. The molecule has 0 bridgehead atoms. The molecule has 1 heterocycles. The molecule has 1 fully saturated rings. The van der Waals surface area contributed by atoms with Crippen molar-refractivity contribution in [3.63, 3.8) is 0 Å². The second-order valence-electron chi connectivity index (χ2n) is 10.3. The van der Waals surface area contributed by atoms with Gasteiger partial charge in [0.1, 0.15) is 0 Å². The van der Waals surface area contributed by atoms with Crippen LogP contribution in [0.4, 0.5) is 0 Å². The topological polar surface area (TPSA) is 20.3 Å². The van der Waals surface area contributed by atoms with Crippen LogP contribution in [0.15, 0.2) is 0 Å². The van der Waals surface area contributed by atoms with Crippen LogP contribution >= 0.6 is 0 Å². The molecule has 1 saturated heterocycles. The maximum atomic E-state index is 11.8. The lowest BCUT2D eigenvalue weighted by Crippen LogP contribution is -2.35. The molecule has 0 unspecified atom stereocenters. The van der Waals surface area contributed by atoms with Crippen molar-refractivity contribution in [2.45, 2.75) is 167 Å². The van der Waals surface area contributed by atoms with Gasteiger partial charge in [0.05, 0.1) is 0 Å². The molecule has 0 aliphatic carbocycles. The van der Waals surface area contributed by atoms with E-state index in [2.05, 4.69) is 11.8 Å². The maximum Gasteiger partial charge on any atom is 0.222 e. The summed E-state index contributed by atoms with van der Waals surface area (Å²) in [6, 6.07) is 0. The Labute approximate surface area is 196 Å². The lowest BCUT2D eigenvalue weighted by molar-refractivity contribution is -0.133. The maximum absolute atomic E-state index is 11.8. The van der Waals surface area contributed by atoms with Crippen LogP contribution in [0, 0.1) is 0 Å². The summed E-state index contributed by atoms with van der Waals surface area (Å²) in [5.41, 5.74) is 0. The molecule has 31 heavy (non-hydrogen) atoms. The average Bonchev–Trinajstić information content (AvgIpc) is 2.78. The van der Waals surface area contributed by atoms with E-state index in [1.165, 1.54) is 148 Å². The zero-order chi connectivity index (χ0) is 22.2. The third-order valence-corrected chi connectivity index (χ3v) is 7.20. The van der Waals surface area contributed by atoms with Crippen molar-refractivity contribution in [2.24, 2.45) is 0 Å². The Balaban J connectivity index is 1.66. The highest BCUT2D eigenvalue weighted by Gasteiger charge is 2.16. The van der Waals surface area contributed by atoms with Crippen LogP contribution in [0.3, 0.4) is 0 Å². The highest BCUT2D eigenvalue weighted by molar-refractivity contribution is 5.76.